The largest absolute Gasteiger partial charge is 0.326 e. The Morgan fingerprint density at radius 2 is 1.32 bits per heavy atom. The molecule has 0 spiro atoms. The third-order valence-corrected chi connectivity index (χ3v) is 6.36. The monoisotopic (exact) mass is 311 g/mol. The van der Waals surface area contributed by atoms with E-state index in [0.717, 1.165) is 6.04 Å². The molecular weight excluding hydrogens is 268 g/mol. The first-order chi connectivity index (χ1) is 10.0. The van der Waals surface area contributed by atoms with Crippen molar-refractivity contribution in [2.24, 2.45) is 0 Å². The van der Waals surface area contributed by atoms with Crippen LogP contribution in [0.5, 0.6) is 0 Å². The standard InChI is InChI=1S/C20H43N2/c1-9-10-11-12-13-14-15-22(7,8)18-16-19(2,3)21(6)20(4,5)17-18/h18H,9-17H2,1-8H3/q+1. The van der Waals surface area contributed by atoms with Gasteiger partial charge in [0, 0.05) is 23.9 Å². The van der Waals surface area contributed by atoms with E-state index in [2.05, 4.69) is 60.7 Å². The summed E-state index contributed by atoms with van der Waals surface area (Å²) < 4.78 is 1.20. The molecule has 0 bridgehead atoms. The summed E-state index contributed by atoms with van der Waals surface area (Å²) in [6.07, 6.45) is 11.1. The number of quaternary nitrogens is 1. The Hall–Kier alpha value is -0.0800. The SMILES string of the molecule is CCCCCCCC[N+](C)(C)C1CC(C)(C)N(C)C(C)(C)C1. The zero-order chi connectivity index (χ0) is 17.0. The van der Waals surface area contributed by atoms with E-state index in [0.29, 0.717) is 11.1 Å². The zero-order valence-electron chi connectivity index (χ0n) is 16.8. The van der Waals surface area contributed by atoms with E-state index >= 15 is 0 Å². The molecule has 0 aromatic carbocycles. The van der Waals surface area contributed by atoms with Gasteiger partial charge in [-0.15, -0.1) is 0 Å². The second-order valence-corrected chi connectivity index (χ2v) is 9.52. The second kappa shape index (κ2) is 7.66. The van der Waals surface area contributed by atoms with Gasteiger partial charge in [0.05, 0.1) is 26.7 Å². The van der Waals surface area contributed by atoms with Gasteiger partial charge in [-0.1, -0.05) is 32.6 Å². The number of nitrogens with zero attached hydrogens (tertiary/aromatic N) is 2. The molecule has 22 heavy (non-hydrogen) atoms. The van der Waals surface area contributed by atoms with Gasteiger partial charge in [0.25, 0.3) is 0 Å². The molecule has 2 nitrogen and oxygen atoms in total. The first kappa shape index (κ1) is 20.0. The maximum Gasteiger partial charge on any atom is 0.0921 e. The Kier molecular flexibility index (Phi) is 6.95. The molecule has 1 rings (SSSR count). The van der Waals surface area contributed by atoms with Crippen molar-refractivity contribution >= 4 is 0 Å². The van der Waals surface area contributed by atoms with Crippen LogP contribution >= 0.6 is 0 Å². The van der Waals surface area contributed by atoms with E-state index in [9.17, 15) is 0 Å². The predicted octanol–water partition coefficient (Wildman–Crippen LogP) is 5.07. The minimum absolute atomic E-state index is 0.309. The molecule has 0 aromatic rings. The van der Waals surface area contributed by atoms with Crippen molar-refractivity contribution in [3.05, 3.63) is 0 Å². The van der Waals surface area contributed by atoms with Crippen molar-refractivity contribution < 1.29 is 4.48 Å². The molecule has 0 unspecified atom stereocenters. The Morgan fingerprint density at radius 1 is 0.864 bits per heavy atom. The Morgan fingerprint density at radius 3 is 1.82 bits per heavy atom. The normalized spacial score (nSPS) is 22.9. The lowest BCUT2D eigenvalue weighted by Gasteiger charge is -2.56. The van der Waals surface area contributed by atoms with Crippen LogP contribution in [0, 0.1) is 0 Å². The van der Waals surface area contributed by atoms with Gasteiger partial charge in [-0.2, -0.15) is 0 Å². The van der Waals surface area contributed by atoms with E-state index in [1.807, 2.05) is 0 Å². The molecule has 0 aliphatic carbocycles. The molecule has 0 radical (unpaired) electrons. The molecule has 0 aromatic heterocycles. The van der Waals surface area contributed by atoms with Crippen molar-refractivity contribution in [1.82, 2.24) is 4.90 Å². The maximum absolute atomic E-state index is 2.60. The first-order valence-electron chi connectivity index (χ1n) is 9.59. The quantitative estimate of drug-likeness (QED) is 0.446. The lowest BCUT2D eigenvalue weighted by Crippen LogP contribution is -2.65. The van der Waals surface area contributed by atoms with Gasteiger partial charge in [0.1, 0.15) is 0 Å². The van der Waals surface area contributed by atoms with Crippen LogP contribution in [-0.4, -0.2) is 54.2 Å². The predicted molar refractivity (Wildman–Crippen MR) is 99.3 cm³/mol. The summed E-state index contributed by atoms with van der Waals surface area (Å²) in [6.45, 7) is 13.3. The van der Waals surface area contributed by atoms with Crippen LogP contribution < -0.4 is 0 Å². The number of likely N-dealkylation sites (tertiary alicyclic amines) is 1. The maximum atomic E-state index is 2.60. The summed E-state index contributed by atoms with van der Waals surface area (Å²) >= 11 is 0. The molecule has 1 aliphatic heterocycles. The van der Waals surface area contributed by atoms with E-state index in [4.69, 9.17) is 0 Å². The molecule has 1 fully saturated rings. The van der Waals surface area contributed by atoms with Gasteiger partial charge < -0.3 is 4.48 Å². The molecule has 132 valence electrons. The topological polar surface area (TPSA) is 3.24 Å². The van der Waals surface area contributed by atoms with Crippen LogP contribution in [0.1, 0.15) is 86.0 Å². The Labute approximate surface area is 140 Å². The second-order valence-electron chi connectivity index (χ2n) is 9.52. The summed E-state index contributed by atoms with van der Waals surface area (Å²) in [5.41, 5.74) is 0.617. The van der Waals surface area contributed by atoms with Crippen molar-refractivity contribution in [2.45, 2.75) is 103 Å². The lowest BCUT2D eigenvalue weighted by atomic mass is 9.76. The third-order valence-electron chi connectivity index (χ3n) is 6.36. The fourth-order valence-electron chi connectivity index (χ4n) is 4.30. The third kappa shape index (κ3) is 5.23. The number of rotatable bonds is 8. The van der Waals surface area contributed by atoms with Gasteiger partial charge in [-0.3, -0.25) is 4.90 Å². The molecule has 1 aliphatic rings. The summed E-state index contributed by atoms with van der Waals surface area (Å²) in [5, 5.41) is 0. The summed E-state index contributed by atoms with van der Waals surface area (Å²) in [5.74, 6) is 0. The van der Waals surface area contributed by atoms with Crippen molar-refractivity contribution in [3.63, 3.8) is 0 Å². The van der Waals surface area contributed by atoms with Gasteiger partial charge in [0.15, 0.2) is 0 Å². The number of hydrogen-bond donors (Lipinski definition) is 0. The highest BCUT2D eigenvalue weighted by molar-refractivity contribution is 4.99. The highest BCUT2D eigenvalue weighted by Crippen LogP contribution is 2.40. The molecular formula is C20H43N2+. The summed E-state index contributed by atoms with van der Waals surface area (Å²) in [4.78, 5) is 2.60. The fraction of sp³-hybridized carbons (Fsp3) is 1.00. The van der Waals surface area contributed by atoms with Crippen LogP contribution in [0.4, 0.5) is 0 Å². The average Bonchev–Trinajstić information content (AvgIpc) is 2.39. The number of piperidine rings is 1. The van der Waals surface area contributed by atoms with Crippen LogP contribution in [-0.2, 0) is 0 Å². The lowest BCUT2D eigenvalue weighted by molar-refractivity contribution is -0.918. The van der Waals surface area contributed by atoms with Gasteiger partial charge in [0.2, 0.25) is 0 Å². The van der Waals surface area contributed by atoms with Crippen LogP contribution in [0.2, 0.25) is 0 Å². The minimum atomic E-state index is 0.309. The number of unbranched alkanes of at least 4 members (excludes halogenated alkanes) is 5. The van der Waals surface area contributed by atoms with Gasteiger partial charge in [-0.05, 0) is 47.6 Å². The van der Waals surface area contributed by atoms with E-state index < -0.39 is 0 Å². The summed E-state index contributed by atoms with van der Waals surface area (Å²) in [6, 6.07) is 0.789. The molecule has 0 saturated carbocycles. The van der Waals surface area contributed by atoms with Crippen molar-refractivity contribution in [1.29, 1.82) is 0 Å². The molecule has 2 heteroatoms. The van der Waals surface area contributed by atoms with Gasteiger partial charge >= 0.3 is 0 Å². The first-order valence-corrected chi connectivity index (χ1v) is 9.59. The Balaban J connectivity index is 2.53. The average molecular weight is 312 g/mol. The number of hydrogen-bond acceptors (Lipinski definition) is 1. The van der Waals surface area contributed by atoms with Crippen LogP contribution in [0.15, 0.2) is 0 Å². The molecule has 0 N–H and O–H groups in total. The van der Waals surface area contributed by atoms with Crippen LogP contribution in [0.3, 0.4) is 0 Å². The summed E-state index contributed by atoms with van der Waals surface area (Å²) in [7, 11) is 7.24. The van der Waals surface area contributed by atoms with E-state index in [1.54, 1.807) is 0 Å². The molecule has 1 heterocycles. The van der Waals surface area contributed by atoms with Gasteiger partial charge in [-0.25, -0.2) is 0 Å². The smallest absolute Gasteiger partial charge is 0.0921 e. The molecule has 0 atom stereocenters. The van der Waals surface area contributed by atoms with Crippen LogP contribution in [0.25, 0.3) is 0 Å². The zero-order valence-corrected chi connectivity index (χ0v) is 16.8. The highest BCUT2D eigenvalue weighted by atomic mass is 15.4. The minimum Gasteiger partial charge on any atom is -0.326 e. The van der Waals surface area contributed by atoms with E-state index in [-0.39, 0.29) is 0 Å². The molecule has 1 saturated heterocycles. The fourth-order valence-corrected chi connectivity index (χ4v) is 4.30. The highest BCUT2D eigenvalue weighted by Gasteiger charge is 2.48. The van der Waals surface area contributed by atoms with Crippen molar-refractivity contribution in [2.75, 3.05) is 27.7 Å². The van der Waals surface area contributed by atoms with Crippen molar-refractivity contribution in [3.8, 4) is 0 Å². The Bertz CT molecular complexity index is 313. The van der Waals surface area contributed by atoms with E-state index in [1.165, 1.54) is 62.4 Å². The molecule has 0 amide bonds.